The quantitative estimate of drug-likeness (QED) is 0.569. The zero-order chi connectivity index (χ0) is 16.4. The molecule has 1 unspecified atom stereocenters. The lowest BCUT2D eigenvalue weighted by molar-refractivity contribution is -0.839. The summed E-state index contributed by atoms with van der Waals surface area (Å²) in [6.45, 7) is 0.790. The van der Waals surface area contributed by atoms with Gasteiger partial charge in [0.2, 0.25) is 5.82 Å². The van der Waals surface area contributed by atoms with E-state index in [0.29, 0.717) is 19.0 Å². The summed E-state index contributed by atoms with van der Waals surface area (Å²) in [6, 6.07) is 15.9. The van der Waals surface area contributed by atoms with Crippen molar-refractivity contribution in [1.82, 2.24) is 25.9 Å². The molecule has 1 aromatic heterocycles. The average molecular weight is 320 g/mol. The average Bonchev–Trinajstić information content (AvgIpc) is 3.28. The van der Waals surface area contributed by atoms with Gasteiger partial charge in [0.05, 0.1) is 6.20 Å². The highest BCUT2D eigenvalue weighted by Gasteiger charge is 2.18. The van der Waals surface area contributed by atoms with Gasteiger partial charge >= 0.3 is 0 Å². The second-order valence-electron chi connectivity index (χ2n) is 5.77. The first-order valence-electron chi connectivity index (χ1n) is 7.65. The minimum Gasteiger partial charge on any atom is -0.626 e. The third kappa shape index (κ3) is 2.78. The smallest absolute Gasteiger partial charge is 0.205 e. The standard InChI is InChI=1S/C17H16N6O/c24-23(10-9-18-12-23)11-13-5-7-14(8-6-13)15-3-1-2-4-16(15)17-19-21-22-20-17/h1-10,18H,11-12H2,(H,19,20,21,22). The molecule has 7 heteroatoms. The summed E-state index contributed by atoms with van der Waals surface area (Å²) in [4.78, 5) is 0. The molecule has 1 atom stereocenters. The number of aromatic nitrogens is 4. The fourth-order valence-electron chi connectivity index (χ4n) is 2.86. The summed E-state index contributed by atoms with van der Waals surface area (Å²) in [5.74, 6) is 0.562. The molecule has 0 saturated carbocycles. The van der Waals surface area contributed by atoms with Crippen LogP contribution in [0, 0.1) is 5.21 Å². The highest BCUT2D eigenvalue weighted by atomic mass is 16.5. The summed E-state index contributed by atoms with van der Waals surface area (Å²) in [5.41, 5.74) is 3.99. The number of rotatable bonds is 4. The van der Waals surface area contributed by atoms with E-state index in [1.165, 1.54) is 0 Å². The Morgan fingerprint density at radius 3 is 2.50 bits per heavy atom. The Morgan fingerprint density at radius 1 is 1.04 bits per heavy atom. The van der Waals surface area contributed by atoms with E-state index in [4.69, 9.17) is 0 Å². The van der Waals surface area contributed by atoms with Crippen molar-refractivity contribution in [2.75, 3.05) is 6.67 Å². The van der Waals surface area contributed by atoms with Gasteiger partial charge < -0.3 is 15.2 Å². The van der Waals surface area contributed by atoms with Crippen molar-refractivity contribution in [3.63, 3.8) is 0 Å². The van der Waals surface area contributed by atoms with E-state index in [0.717, 1.165) is 22.3 Å². The van der Waals surface area contributed by atoms with Gasteiger partial charge in [0.15, 0.2) is 6.67 Å². The summed E-state index contributed by atoms with van der Waals surface area (Å²) in [6.07, 6.45) is 3.35. The van der Waals surface area contributed by atoms with Crippen LogP contribution in [0.4, 0.5) is 0 Å². The van der Waals surface area contributed by atoms with E-state index in [2.05, 4.69) is 25.9 Å². The van der Waals surface area contributed by atoms with Crippen molar-refractivity contribution in [2.24, 2.45) is 0 Å². The molecule has 0 saturated heterocycles. The molecule has 1 aliphatic heterocycles. The van der Waals surface area contributed by atoms with Crippen molar-refractivity contribution in [3.8, 4) is 22.5 Å². The first-order chi connectivity index (χ1) is 11.7. The molecule has 0 fully saturated rings. The lowest BCUT2D eigenvalue weighted by Gasteiger charge is -2.34. The van der Waals surface area contributed by atoms with E-state index in [1.807, 2.05) is 48.5 Å². The molecule has 1 aliphatic rings. The van der Waals surface area contributed by atoms with E-state index in [-0.39, 0.29) is 4.65 Å². The number of tetrazole rings is 1. The van der Waals surface area contributed by atoms with Crippen molar-refractivity contribution < 1.29 is 4.65 Å². The SMILES string of the molecule is [O-][N+]1(Cc2ccc(-c3ccccc3-c3nn[nH]n3)cc2)C=CNC1. The van der Waals surface area contributed by atoms with Gasteiger partial charge in [-0.1, -0.05) is 48.5 Å². The maximum absolute atomic E-state index is 12.4. The Hall–Kier alpha value is -3.03. The lowest BCUT2D eigenvalue weighted by atomic mass is 9.98. The van der Waals surface area contributed by atoms with Gasteiger partial charge in [-0.25, -0.2) is 0 Å². The third-order valence-electron chi connectivity index (χ3n) is 4.05. The monoisotopic (exact) mass is 320 g/mol. The topological polar surface area (TPSA) is 89.5 Å². The number of hydroxylamine groups is 3. The molecule has 0 aliphatic carbocycles. The molecule has 2 heterocycles. The molecule has 4 rings (SSSR count). The minimum atomic E-state index is -0.376. The molecule has 24 heavy (non-hydrogen) atoms. The normalized spacial score (nSPS) is 19.4. The van der Waals surface area contributed by atoms with E-state index < -0.39 is 0 Å². The summed E-state index contributed by atoms with van der Waals surface area (Å²) >= 11 is 0. The molecule has 0 bridgehead atoms. The lowest BCUT2D eigenvalue weighted by Crippen LogP contribution is -2.36. The van der Waals surface area contributed by atoms with E-state index in [1.54, 1.807) is 12.4 Å². The van der Waals surface area contributed by atoms with Crippen molar-refractivity contribution >= 4 is 0 Å². The molecular weight excluding hydrogens is 304 g/mol. The van der Waals surface area contributed by atoms with Gasteiger partial charge in [-0.2, -0.15) is 5.21 Å². The second-order valence-corrected chi connectivity index (χ2v) is 5.77. The van der Waals surface area contributed by atoms with Crippen LogP contribution in [-0.2, 0) is 6.54 Å². The predicted molar refractivity (Wildman–Crippen MR) is 89.5 cm³/mol. The summed E-state index contributed by atoms with van der Waals surface area (Å²) in [7, 11) is 0. The number of aromatic amines is 1. The van der Waals surface area contributed by atoms with Gasteiger partial charge in [-0.3, -0.25) is 0 Å². The Balaban J connectivity index is 1.63. The van der Waals surface area contributed by atoms with Crippen LogP contribution in [0.3, 0.4) is 0 Å². The fraction of sp³-hybridized carbons (Fsp3) is 0.118. The van der Waals surface area contributed by atoms with Crippen LogP contribution in [0.1, 0.15) is 5.56 Å². The molecule has 0 spiro atoms. The molecule has 2 aromatic carbocycles. The number of hydrogen-bond acceptors (Lipinski definition) is 5. The Bertz CT molecular complexity index is 859. The molecule has 0 radical (unpaired) electrons. The van der Waals surface area contributed by atoms with Crippen LogP contribution in [-0.4, -0.2) is 31.9 Å². The van der Waals surface area contributed by atoms with Crippen molar-refractivity contribution in [1.29, 1.82) is 0 Å². The minimum absolute atomic E-state index is 0.376. The van der Waals surface area contributed by atoms with Crippen LogP contribution in [0.15, 0.2) is 60.9 Å². The largest absolute Gasteiger partial charge is 0.626 e. The number of hydrogen-bond donors (Lipinski definition) is 2. The van der Waals surface area contributed by atoms with Crippen LogP contribution in [0.5, 0.6) is 0 Å². The predicted octanol–water partition coefficient (Wildman–Crippen LogP) is 2.38. The highest BCUT2D eigenvalue weighted by Crippen LogP contribution is 2.30. The number of nitrogens with one attached hydrogen (secondary N) is 2. The van der Waals surface area contributed by atoms with Crippen LogP contribution in [0.2, 0.25) is 0 Å². The first-order valence-corrected chi connectivity index (χ1v) is 7.65. The Labute approximate surface area is 138 Å². The molecule has 3 aromatic rings. The number of nitrogens with zero attached hydrogens (tertiary/aromatic N) is 4. The Morgan fingerprint density at radius 2 is 1.83 bits per heavy atom. The van der Waals surface area contributed by atoms with Gasteiger partial charge in [0.25, 0.3) is 0 Å². The van der Waals surface area contributed by atoms with E-state index >= 15 is 0 Å². The van der Waals surface area contributed by atoms with E-state index in [9.17, 15) is 5.21 Å². The molecule has 7 nitrogen and oxygen atoms in total. The number of quaternary nitrogens is 1. The van der Waals surface area contributed by atoms with Crippen LogP contribution >= 0.6 is 0 Å². The van der Waals surface area contributed by atoms with Crippen LogP contribution < -0.4 is 5.32 Å². The van der Waals surface area contributed by atoms with Crippen molar-refractivity contribution in [2.45, 2.75) is 6.54 Å². The Kier molecular flexibility index (Phi) is 3.56. The maximum Gasteiger partial charge on any atom is 0.205 e. The van der Waals surface area contributed by atoms with Crippen LogP contribution in [0.25, 0.3) is 22.5 Å². The van der Waals surface area contributed by atoms with Gasteiger partial charge in [0.1, 0.15) is 12.7 Å². The molecular formula is C17H16N6O. The fourth-order valence-corrected chi connectivity index (χ4v) is 2.86. The maximum atomic E-state index is 12.4. The van der Waals surface area contributed by atoms with Gasteiger partial charge in [-0.15, -0.1) is 10.2 Å². The zero-order valence-corrected chi connectivity index (χ0v) is 12.9. The summed E-state index contributed by atoms with van der Waals surface area (Å²) < 4.78 is -0.376. The highest BCUT2D eigenvalue weighted by molar-refractivity contribution is 5.80. The first kappa shape index (κ1) is 14.6. The molecule has 120 valence electrons. The molecule has 2 N–H and O–H groups in total. The third-order valence-corrected chi connectivity index (χ3v) is 4.05. The molecule has 0 amide bonds. The number of H-pyrrole nitrogens is 1. The summed E-state index contributed by atoms with van der Waals surface area (Å²) in [5, 5.41) is 29.6. The zero-order valence-electron chi connectivity index (χ0n) is 12.9. The van der Waals surface area contributed by atoms with Gasteiger partial charge in [0, 0.05) is 11.1 Å². The second kappa shape index (κ2) is 5.88. The van der Waals surface area contributed by atoms with Crippen molar-refractivity contribution in [3.05, 3.63) is 71.7 Å². The number of benzene rings is 2. The van der Waals surface area contributed by atoms with Gasteiger partial charge in [-0.05, 0) is 16.3 Å².